The highest BCUT2D eigenvalue weighted by Crippen LogP contribution is 2.22. The Balaban J connectivity index is 1.69. The highest BCUT2D eigenvalue weighted by Gasteiger charge is 2.18. The maximum Gasteiger partial charge on any atom is 0.255 e. The number of anilines is 2. The number of amides is 1. The molecule has 1 N–H and O–H groups in total. The molecule has 0 aromatic heterocycles. The molecular formula is C19H22N2O2. The van der Waals surface area contributed by atoms with Crippen LogP contribution in [-0.4, -0.2) is 31.7 Å². The highest BCUT2D eigenvalue weighted by molar-refractivity contribution is 6.04. The monoisotopic (exact) mass is 310 g/mol. The normalized spacial score (nSPS) is 17.8. The second kappa shape index (κ2) is 6.84. The molecule has 1 amide bonds. The van der Waals surface area contributed by atoms with Gasteiger partial charge in [-0.05, 0) is 50.2 Å². The predicted octanol–water partition coefficient (Wildman–Crippen LogP) is 3.47. The number of nitrogens with zero attached hydrogens (tertiary/aromatic N) is 1. The Morgan fingerprint density at radius 3 is 2.70 bits per heavy atom. The second-order valence-electron chi connectivity index (χ2n) is 5.99. The molecule has 0 spiro atoms. The maximum atomic E-state index is 12.3. The van der Waals surface area contributed by atoms with Crippen LogP contribution in [0, 0.1) is 6.92 Å². The number of nitrogens with one attached hydrogen (secondary N) is 1. The number of aryl methyl sites for hydroxylation is 1. The maximum absolute atomic E-state index is 12.3. The van der Waals surface area contributed by atoms with Crippen LogP contribution in [-0.2, 0) is 4.74 Å². The second-order valence-corrected chi connectivity index (χ2v) is 5.99. The molecule has 4 nitrogen and oxygen atoms in total. The van der Waals surface area contributed by atoms with Crippen molar-refractivity contribution in [1.82, 2.24) is 0 Å². The Morgan fingerprint density at radius 1 is 1.22 bits per heavy atom. The zero-order valence-corrected chi connectivity index (χ0v) is 13.6. The zero-order valence-electron chi connectivity index (χ0n) is 13.6. The van der Waals surface area contributed by atoms with Crippen molar-refractivity contribution < 1.29 is 9.53 Å². The first-order valence-electron chi connectivity index (χ1n) is 7.96. The largest absolute Gasteiger partial charge is 0.377 e. The average Bonchev–Trinajstić information content (AvgIpc) is 2.56. The van der Waals surface area contributed by atoms with E-state index in [1.54, 1.807) is 0 Å². The van der Waals surface area contributed by atoms with Crippen molar-refractivity contribution >= 4 is 17.3 Å². The average molecular weight is 310 g/mol. The van der Waals surface area contributed by atoms with Gasteiger partial charge in [0.15, 0.2) is 0 Å². The van der Waals surface area contributed by atoms with E-state index in [2.05, 4.69) is 17.1 Å². The van der Waals surface area contributed by atoms with Gasteiger partial charge in [0.2, 0.25) is 0 Å². The molecule has 1 aliphatic rings. The SMILES string of the molecule is Cc1cccc(C(=O)Nc2ccc(N3CCOCC3C)cc2)c1. The Morgan fingerprint density at radius 2 is 2.00 bits per heavy atom. The number of carbonyl (C=O) groups excluding carboxylic acids is 1. The number of morpholine rings is 1. The van der Waals surface area contributed by atoms with Crippen LogP contribution >= 0.6 is 0 Å². The van der Waals surface area contributed by atoms with Crippen LogP contribution in [0.25, 0.3) is 0 Å². The fourth-order valence-corrected chi connectivity index (χ4v) is 2.84. The number of rotatable bonds is 3. The number of ether oxygens (including phenoxy) is 1. The van der Waals surface area contributed by atoms with Gasteiger partial charge in [-0.25, -0.2) is 0 Å². The third kappa shape index (κ3) is 3.71. The first kappa shape index (κ1) is 15.6. The molecule has 2 aromatic carbocycles. The van der Waals surface area contributed by atoms with Gasteiger partial charge in [0.25, 0.3) is 5.91 Å². The summed E-state index contributed by atoms with van der Waals surface area (Å²) in [4.78, 5) is 14.6. The highest BCUT2D eigenvalue weighted by atomic mass is 16.5. The van der Waals surface area contributed by atoms with E-state index in [1.165, 1.54) is 0 Å². The molecule has 0 radical (unpaired) electrons. The summed E-state index contributed by atoms with van der Waals surface area (Å²) in [5, 5.41) is 2.94. The molecule has 1 fully saturated rings. The van der Waals surface area contributed by atoms with Crippen LogP contribution < -0.4 is 10.2 Å². The van der Waals surface area contributed by atoms with Gasteiger partial charge in [-0.1, -0.05) is 17.7 Å². The van der Waals surface area contributed by atoms with E-state index in [9.17, 15) is 4.79 Å². The lowest BCUT2D eigenvalue weighted by Crippen LogP contribution is -2.43. The van der Waals surface area contributed by atoms with Crippen molar-refractivity contribution in [2.45, 2.75) is 19.9 Å². The minimum Gasteiger partial charge on any atom is -0.377 e. The van der Waals surface area contributed by atoms with E-state index in [-0.39, 0.29) is 5.91 Å². The molecule has 0 aliphatic carbocycles. The summed E-state index contributed by atoms with van der Waals surface area (Å²) >= 11 is 0. The van der Waals surface area contributed by atoms with Crippen LogP contribution in [0.15, 0.2) is 48.5 Å². The standard InChI is InChI=1S/C19H22N2O2/c1-14-4-3-5-16(12-14)19(22)20-17-6-8-18(9-7-17)21-10-11-23-13-15(21)2/h3-9,12,15H,10-11,13H2,1-2H3,(H,20,22). The van der Waals surface area contributed by atoms with E-state index in [0.717, 1.165) is 36.7 Å². The fourth-order valence-electron chi connectivity index (χ4n) is 2.84. The van der Waals surface area contributed by atoms with E-state index in [4.69, 9.17) is 4.74 Å². The van der Waals surface area contributed by atoms with E-state index in [0.29, 0.717) is 11.6 Å². The number of hydrogen-bond donors (Lipinski definition) is 1. The quantitative estimate of drug-likeness (QED) is 0.944. The van der Waals surface area contributed by atoms with Crippen LogP contribution in [0.2, 0.25) is 0 Å². The van der Waals surface area contributed by atoms with Crippen molar-refractivity contribution in [2.75, 3.05) is 30.0 Å². The molecule has 4 heteroatoms. The molecule has 1 saturated heterocycles. The zero-order chi connectivity index (χ0) is 16.2. The van der Waals surface area contributed by atoms with Crippen LogP contribution in [0.5, 0.6) is 0 Å². The minimum atomic E-state index is -0.0822. The molecule has 1 aliphatic heterocycles. The molecule has 1 unspecified atom stereocenters. The third-order valence-electron chi connectivity index (χ3n) is 4.10. The summed E-state index contributed by atoms with van der Waals surface area (Å²) in [7, 11) is 0. The van der Waals surface area contributed by atoms with Crippen LogP contribution in [0.1, 0.15) is 22.8 Å². The van der Waals surface area contributed by atoms with Crippen molar-refractivity contribution in [1.29, 1.82) is 0 Å². The first-order valence-corrected chi connectivity index (χ1v) is 7.96. The van der Waals surface area contributed by atoms with Gasteiger partial charge in [-0.2, -0.15) is 0 Å². The molecular weight excluding hydrogens is 288 g/mol. The molecule has 3 rings (SSSR count). The minimum absolute atomic E-state index is 0.0822. The molecule has 23 heavy (non-hydrogen) atoms. The van der Waals surface area contributed by atoms with Crippen LogP contribution in [0.3, 0.4) is 0 Å². The van der Waals surface area contributed by atoms with Crippen molar-refractivity contribution in [3.63, 3.8) is 0 Å². The van der Waals surface area contributed by atoms with Crippen molar-refractivity contribution in [3.05, 3.63) is 59.7 Å². The predicted molar refractivity (Wildman–Crippen MR) is 93.2 cm³/mol. The Labute approximate surface area is 137 Å². The summed E-state index contributed by atoms with van der Waals surface area (Å²) in [5.41, 5.74) is 3.72. The van der Waals surface area contributed by atoms with Gasteiger partial charge < -0.3 is 15.0 Å². The van der Waals surface area contributed by atoms with Gasteiger partial charge in [-0.15, -0.1) is 0 Å². The van der Waals surface area contributed by atoms with Gasteiger partial charge in [0.05, 0.1) is 13.2 Å². The smallest absolute Gasteiger partial charge is 0.255 e. The lowest BCUT2D eigenvalue weighted by atomic mass is 10.1. The van der Waals surface area contributed by atoms with Gasteiger partial charge in [-0.3, -0.25) is 4.79 Å². The van der Waals surface area contributed by atoms with Crippen molar-refractivity contribution in [2.24, 2.45) is 0 Å². The summed E-state index contributed by atoms with van der Waals surface area (Å²) in [6.07, 6.45) is 0. The molecule has 1 heterocycles. The van der Waals surface area contributed by atoms with Gasteiger partial charge >= 0.3 is 0 Å². The third-order valence-corrected chi connectivity index (χ3v) is 4.10. The fraction of sp³-hybridized carbons (Fsp3) is 0.316. The molecule has 120 valence electrons. The van der Waals surface area contributed by atoms with E-state index >= 15 is 0 Å². The summed E-state index contributed by atoms with van der Waals surface area (Å²) in [6, 6.07) is 16.0. The molecule has 0 saturated carbocycles. The lowest BCUT2D eigenvalue weighted by molar-refractivity contribution is 0.0989. The first-order chi connectivity index (χ1) is 11.1. The molecule has 0 bridgehead atoms. The summed E-state index contributed by atoms with van der Waals surface area (Å²) in [5.74, 6) is -0.0822. The topological polar surface area (TPSA) is 41.6 Å². The van der Waals surface area contributed by atoms with Gasteiger partial charge in [0, 0.05) is 29.5 Å². The molecule has 1 atom stereocenters. The number of carbonyl (C=O) groups is 1. The number of benzene rings is 2. The summed E-state index contributed by atoms with van der Waals surface area (Å²) < 4.78 is 5.47. The Hall–Kier alpha value is -2.33. The Kier molecular flexibility index (Phi) is 4.63. The van der Waals surface area contributed by atoms with E-state index < -0.39 is 0 Å². The van der Waals surface area contributed by atoms with Gasteiger partial charge in [0.1, 0.15) is 0 Å². The van der Waals surface area contributed by atoms with Crippen molar-refractivity contribution in [3.8, 4) is 0 Å². The number of hydrogen-bond acceptors (Lipinski definition) is 3. The summed E-state index contributed by atoms with van der Waals surface area (Å²) in [6.45, 7) is 6.56. The van der Waals surface area contributed by atoms with E-state index in [1.807, 2.05) is 55.5 Å². The van der Waals surface area contributed by atoms with Crippen LogP contribution in [0.4, 0.5) is 11.4 Å². The Bertz CT molecular complexity index is 682. The lowest BCUT2D eigenvalue weighted by Gasteiger charge is -2.35. The molecule has 2 aromatic rings.